The molecule has 1 heterocycles. The van der Waals surface area contributed by atoms with Gasteiger partial charge in [0, 0.05) is 12.3 Å². The Kier molecular flexibility index (Phi) is 12.9. The number of hydrogen-bond acceptors (Lipinski definition) is 2. The van der Waals surface area contributed by atoms with Crippen molar-refractivity contribution in [3.8, 4) is 5.88 Å². The van der Waals surface area contributed by atoms with Crippen LogP contribution in [0.2, 0.25) is 0 Å². The molecule has 0 radical (unpaired) electrons. The first-order valence-corrected chi connectivity index (χ1v) is 6.67. The van der Waals surface area contributed by atoms with Gasteiger partial charge < -0.3 is 12.5 Å². The van der Waals surface area contributed by atoms with Crippen LogP contribution >= 0.6 is 18.6 Å². The molecule has 1 aromatic rings. The van der Waals surface area contributed by atoms with Gasteiger partial charge in [0.15, 0.2) is 0 Å². The van der Waals surface area contributed by atoms with Crippen LogP contribution in [-0.2, 0) is 17.0 Å². The second kappa shape index (κ2) is 10.2. The first kappa shape index (κ1) is 13.8. The summed E-state index contributed by atoms with van der Waals surface area (Å²) in [4.78, 5) is 3.53. The molecule has 0 unspecified atom stereocenters. The molecule has 1 aromatic heterocycles. The minimum atomic E-state index is -0.556. The zero-order valence-corrected chi connectivity index (χ0v) is 9.03. The Bertz CT molecular complexity index is 162. The topological polar surface area (TPSA) is 33.1 Å². The molecule has 0 aliphatic heterocycles. The Balaban J connectivity index is 0. The second-order valence-corrected chi connectivity index (χ2v) is 3.84. The van der Waals surface area contributed by atoms with Crippen molar-refractivity contribution in [3.63, 3.8) is 0 Å². The normalized spacial score (nSPS) is 6.73. The fourth-order valence-corrected chi connectivity index (χ4v) is 0.354. The zero-order valence-electron chi connectivity index (χ0n) is 5.96. The van der Waals surface area contributed by atoms with E-state index in [1.54, 1.807) is 12.1 Å². The number of hydrogen-bond donors (Lipinski definition) is 1. The number of nitrogens with zero attached hydrogens (tertiary/aromatic N) is 1. The first-order chi connectivity index (χ1) is 4.81. The molecule has 0 saturated carbocycles. The maximum atomic E-state index is 8.52. The van der Waals surface area contributed by atoms with Crippen LogP contribution < -0.4 is 0 Å². The van der Waals surface area contributed by atoms with Crippen LogP contribution in [0.3, 0.4) is 0 Å². The van der Waals surface area contributed by atoms with Gasteiger partial charge in [-0.05, 0) is 6.07 Å². The van der Waals surface area contributed by atoms with Crippen molar-refractivity contribution in [3.05, 3.63) is 31.8 Å². The Labute approximate surface area is 83.2 Å². The predicted molar refractivity (Wildman–Crippen MR) is 44.0 cm³/mol. The average Bonchev–Trinajstić information content (AvgIpc) is 1.91. The van der Waals surface area contributed by atoms with Crippen molar-refractivity contribution >= 4 is 18.6 Å². The van der Waals surface area contributed by atoms with Crippen LogP contribution in [0.1, 0.15) is 0 Å². The summed E-state index contributed by atoms with van der Waals surface area (Å²) < 4.78 is 0. The van der Waals surface area contributed by atoms with Crippen LogP contribution in [0, 0.1) is 7.43 Å². The number of aromatic nitrogens is 1. The van der Waals surface area contributed by atoms with Gasteiger partial charge in [0.1, 0.15) is 0 Å². The summed E-state index contributed by atoms with van der Waals surface area (Å²) in [6, 6.07) is 5.00. The molecule has 2 nitrogen and oxygen atoms in total. The van der Waals surface area contributed by atoms with Crippen molar-refractivity contribution in [1.82, 2.24) is 4.98 Å². The van der Waals surface area contributed by atoms with Gasteiger partial charge >= 0.3 is 35.6 Å². The number of pyridine rings is 1. The van der Waals surface area contributed by atoms with E-state index in [9.17, 15) is 0 Å². The molecule has 0 bridgehead atoms. The summed E-state index contributed by atoms with van der Waals surface area (Å²) in [5.74, 6) is 0.0718. The molecule has 0 fully saturated rings. The maximum absolute atomic E-state index is 8.52. The van der Waals surface area contributed by atoms with E-state index >= 15 is 0 Å². The van der Waals surface area contributed by atoms with Crippen LogP contribution in [0.4, 0.5) is 0 Å². The Hall–Kier alpha value is 0.244. The second-order valence-electron chi connectivity index (χ2n) is 1.26. The molecular weight excluding hydrogens is 221 g/mol. The first-order valence-electron chi connectivity index (χ1n) is 2.37. The van der Waals surface area contributed by atoms with Gasteiger partial charge in [0.05, 0.1) is 0 Å². The number of rotatable bonds is 0. The molecular formula is C6H8Cl2NOTi-. The predicted octanol–water partition coefficient (Wildman–Crippen LogP) is 2.61. The molecule has 1 N–H and O–H groups in total. The van der Waals surface area contributed by atoms with Gasteiger partial charge in [0.2, 0.25) is 5.88 Å². The Morgan fingerprint density at radius 2 is 1.91 bits per heavy atom. The van der Waals surface area contributed by atoms with Crippen molar-refractivity contribution in [2.45, 2.75) is 0 Å². The molecule has 0 saturated heterocycles. The van der Waals surface area contributed by atoms with Crippen molar-refractivity contribution in [1.29, 1.82) is 0 Å². The SMILES string of the molecule is Oc1ccccn1.[CH3-].[Cl][Ti][Cl]. The van der Waals surface area contributed by atoms with Gasteiger partial charge in [-0.15, -0.1) is 0 Å². The summed E-state index contributed by atoms with van der Waals surface area (Å²) in [6.45, 7) is 0. The molecule has 0 spiro atoms. The van der Waals surface area contributed by atoms with Crippen LogP contribution in [0.15, 0.2) is 24.4 Å². The van der Waals surface area contributed by atoms with Gasteiger partial charge in [-0.1, -0.05) is 6.07 Å². The minimum absolute atomic E-state index is 0. The van der Waals surface area contributed by atoms with E-state index in [0.717, 1.165) is 0 Å². The van der Waals surface area contributed by atoms with Gasteiger partial charge in [0.25, 0.3) is 0 Å². The Morgan fingerprint density at radius 3 is 2.09 bits per heavy atom. The van der Waals surface area contributed by atoms with E-state index in [2.05, 4.69) is 4.98 Å². The fraction of sp³-hybridized carbons (Fsp3) is 0. The monoisotopic (exact) mass is 228 g/mol. The van der Waals surface area contributed by atoms with E-state index in [4.69, 9.17) is 23.7 Å². The number of halogens is 2. The average molecular weight is 229 g/mol. The van der Waals surface area contributed by atoms with Crippen molar-refractivity contribution in [2.75, 3.05) is 0 Å². The molecule has 0 aromatic carbocycles. The van der Waals surface area contributed by atoms with Crippen molar-refractivity contribution < 1.29 is 22.1 Å². The van der Waals surface area contributed by atoms with Gasteiger partial charge in [-0.2, -0.15) is 0 Å². The molecule has 0 aliphatic rings. The quantitative estimate of drug-likeness (QED) is 0.547. The standard InChI is InChI=1S/C5H5NO.CH3.2ClH.Ti/c7-5-3-1-2-4-6-5;;;;/h1-4H,(H,6,7);1H3;2*1H;/q;-1;;;+2/p-2. The van der Waals surface area contributed by atoms with E-state index in [1.807, 2.05) is 0 Å². The fourth-order valence-electron chi connectivity index (χ4n) is 0.354. The van der Waals surface area contributed by atoms with E-state index in [1.165, 1.54) is 12.3 Å². The summed E-state index contributed by atoms with van der Waals surface area (Å²) in [7, 11) is 9.78. The molecule has 0 aliphatic carbocycles. The molecule has 0 amide bonds. The van der Waals surface area contributed by atoms with E-state index < -0.39 is 17.0 Å². The van der Waals surface area contributed by atoms with Crippen LogP contribution in [0.25, 0.3) is 0 Å². The molecule has 62 valence electrons. The third-order valence-electron chi connectivity index (χ3n) is 0.649. The molecule has 1 rings (SSSR count). The third-order valence-corrected chi connectivity index (χ3v) is 0.649. The van der Waals surface area contributed by atoms with Crippen LogP contribution in [0.5, 0.6) is 5.88 Å². The summed E-state index contributed by atoms with van der Waals surface area (Å²) in [5, 5.41) is 8.52. The van der Waals surface area contributed by atoms with Crippen LogP contribution in [-0.4, -0.2) is 10.1 Å². The van der Waals surface area contributed by atoms with Gasteiger partial charge in [-0.25, -0.2) is 4.98 Å². The Morgan fingerprint density at radius 1 is 1.36 bits per heavy atom. The zero-order chi connectivity index (χ0) is 7.82. The van der Waals surface area contributed by atoms with E-state index in [-0.39, 0.29) is 13.3 Å². The van der Waals surface area contributed by atoms with Gasteiger partial charge in [-0.3, -0.25) is 0 Å². The summed E-state index contributed by atoms with van der Waals surface area (Å²) in [5.41, 5.74) is 0. The van der Waals surface area contributed by atoms with Crippen molar-refractivity contribution in [2.24, 2.45) is 0 Å². The van der Waals surface area contributed by atoms with E-state index in [0.29, 0.717) is 0 Å². The summed E-state index contributed by atoms with van der Waals surface area (Å²) in [6.07, 6.45) is 1.54. The summed E-state index contributed by atoms with van der Waals surface area (Å²) >= 11 is -0.556. The third kappa shape index (κ3) is 10.2. The molecule has 0 atom stereocenters. The molecule has 5 heteroatoms. The number of aromatic hydroxyl groups is 1. The molecule has 11 heavy (non-hydrogen) atoms.